The smallest absolute Gasteiger partial charge is 0.266 e. The minimum Gasteiger partial charge on any atom is -0.397 e. The number of amides is 1. The van der Waals surface area contributed by atoms with Crippen LogP contribution in [0.25, 0.3) is 10.1 Å². The Morgan fingerprint density at radius 2 is 2.29 bits per heavy atom. The van der Waals surface area contributed by atoms with Gasteiger partial charge in [-0.1, -0.05) is 27.9 Å². The predicted octanol–water partition coefficient (Wildman–Crippen LogP) is 3.73. The van der Waals surface area contributed by atoms with Crippen LogP contribution < -0.4 is 5.73 Å². The van der Waals surface area contributed by atoms with Crippen molar-refractivity contribution in [3.8, 4) is 12.3 Å². The molecule has 0 bridgehead atoms. The summed E-state index contributed by atoms with van der Waals surface area (Å²) in [7, 11) is 0. The summed E-state index contributed by atoms with van der Waals surface area (Å²) in [5, 5.41) is 0.929. The Kier molecular flexibility index (Phi) is 3.92. The van der Waals surface area contributed by atoms with Crippen molar-refractivity contribution in [1.29, 1.82) is 0 Å². The maximum absolute atomic E-state index is 12.7. The van der Waals surface area contributed by atoms with E-state index in [4.69, 9.17) is 12.2 Å². The van der Waals surface area contributed by atoms with Crippen LogP contribution in [0.5, 0.6) is 0 Å². The number of nitrogen functional groups attached to an aromatic ring is 1. The van der Waals surface area contributed by atoms with Crippen LogP contribution in [0.15, 0.2) is 22.7 Å². The highest BCUT2D eigenvalue weighted by molar-refractivity contribution is 9.10. The van der Waals surface area contributed by atoms with Gasteiger partial charge in [-0.15, -0.1) is 17.8 Å². The number of carbonyl (C=O) groups excluding carboxylic acids is 1. The van der Waals surface area contributed by atoms with Crippen molar-refractivity contribution in [2.75, 3.05) is 18.8 Å². The van der Waals surface area contributed by atoms with Crippen molar-refractivity contribution in [3.63, 3.8) is 0 Å². The minimum atomic E-state index is -0.0466. The van der Waals surface area contributed by atoms with E-state index in [-0.39, 0.29) is 5.91 Å². The van der Waals surface area contributed by atoms with Gasteiger partial charge in [0.2, 0.25) is 0 Å². The van der Waals surface area contributed by atoms with Gasteiger partial charge in [0.15, 0.2) is 0 Å². The van der Waals surface area contributed by atoms with Crippen LogP contribution in [-0.4, -0.2) is 23.9 Å². The lowest BCUT2D eigenvalue weighted by atomic mass is 10.2. The first-order valence-electron chi connectivity index (χ1n) is 6.80. The average Bonchev–Trinajstić information content (AvgIpc) is 3.21. The summed E-state index contributed by atoms with van der Waals surface area (Å²) in [6, 6.07) is 5.86. The second kappa shape index (κ2) is 5.70. The molecule has 108 valence electrons. The molecule has 2 aromatic rings. The number of rotatable bonds is 4. The molecule has 0 unspecified atom stereocenters. The van der Waals surface area contributed by atoms with E-state index in [1.165, 1.54) is 24.2 Å². The number of benzene rings is 1. The molecule has 0 spiro atoms. The summed E-state index contributed by atoms with van der Waals surface area (Å²) in [5.74, 6) is 3.13. The van der Waals surface area contributed by atoms with Gasteiger partial charge in [-0.05, 0) is 30.9 Å². The van der Waals surface area contributed by atoms with Crippen LogP contribution in [-0.2, 0) is 0 Å². The molecule has 1 fully saturated rings. The van der Waals surface area contributed by atoms with Crippen LogP contribution in [0.2, 0.25) is 0 Å². The van der Waals surface area contributed by atoms with Crippen molar-refractivity contribution in [1.82, 2.24) is 4.90 Å². The normalized spacial score (nSPS) is 14.1. The fraction of sp³-hybridized carbons (Fsp3) is 0.312. The molecule has 0 radical (unpaired) electrons. The SMILES string of the molecule is C#CCN(CC1CC1)C(=O)c1sc2cc(Br)ccc2c1N. The van der Waals surface area contributed by atoms with Gasteiger partial charge in [-0.3, -0.25) is 4.79 Å². The summed E-state index contributed by atoms with van der Waals surface area (Å²) >= 11 is 4.88. The topological polar surface area (TPSA) is 46.3 Å². The highest BCUT2D eigenvalue weighted by atomic mass is 79.9. The van der Waals surface area contributed by atoms with E-state index in [1.807, 2.05) is 18.2 Å². The molecule has 1 saturated carbocycles. The van der Waals surface area contributed by atoms with E-state index >= 15 is 0 Å². The molecule has 0 aliphatic heterocycles. The molecule has 1 amide bonds. The Labute approximate surface area is 136 Å². The molecule has 1 aliphatic carbocycles. The summed E-state index contributed by atoms with van der Waals surface area (Å²) in [4.78, 5) is 15.1. The second-order valence-electron chi connectivity index (χ2n) is 5.32. The first-order chi connectivity index (χ1) is 10.1. The van der Waals surface area contributed by atoms with Gasteiger partial charge in [-0.2, -0.15) is 0 Å². The number of nitrogens with zero attached hydrogens (tertiary/aromatic N) is 1. The molecular formula is C16H15BrN2OS. The van der Waals surface area contributed by atoms with Gasteiger partial charge in [-0.25, -0.2) is 0 Å². The largest absolute Gasteiger partial charge is 0.397 e. The first-order valence-corrected chi connectivity index (χ1v) is 8.41. The third kappa shape index (κ3) is 2.92. The molecule has 1 aromatic carbocycles. The highest BCUT2D eigenvalue weighted by Crippen LogP contribution is 2.37. The molecule has 3 rings (SSSR count). The number of nitrogens with two attached hydrogens (primary N) is 1. The lowest BCUT2D eigenvalue weighted by molar-refractivity contribution is 0.0775. The zero-order valence-electron chi connectivity index (χ0n) is 11.4. The molecule has 5 heteroatoms. The quantitative estimate of drug-likeness (QED) is 0.842. The number of thiophene rings is 1. The van der Waals surface area contributed by atoms with Crippen LogP contribution in [0.4, 0.5) is 5.69 Å². The van der Waals surface area contributed by atoms with Crippen LogP contribution in [0, 0.1) is 18.3 Å². The standard InChI is InChI=1S/C16H15BrN2OS/c1-2-7-19(9-10-3-4-10)16(20)15-14(18)12-6-5-11(17)8-13(12)21-15/h1,5-6,8,10H,3-4,7,9,18H2. The maximum atomic E-state index is 12.7. The fourth-order valence-electron chi connectivity index (χ4n) is 2.33. The fourth-order valence-corrected chi connectivity index (χ4v) is 3.98. The Morgan fingerprint density at radius 1 is 1.52 bits per heavy atom. The number of halogens is 1. The third-order valence-electron chi connectivity index (χ3n) is 3.63. The Bertz CT molecular complexity index is 743. The van der Waals surface area contributed by atoms with Crippen molar-refractivity contribution < 1.29 is 4.79 Å². The summed E-state index contributed by atoms with van der Waals surface area (Å²) in [6.45, 7) is 1.08. The molecule has 3 nitrogen and oxygen atoms in total. The molecular weight excluding hydrogens is 348 g/mol. The number of terminal acetylenes is 1. The second-order valence-corrected chi connectivity index (χ2v) is 7.29. The Morgan fingerprint density at radius 3 is 2.95 bits per heavy atom. The lowest BCUT2D eigenvalue weighted by Gasteiger charge is -2.19. The van der Waals surface area contributed by atoms with Gasteiger partial charge in [0.1, 0.15) is 4.88 Å². The van der Waals surface area contributed by atoms with Crippen molar-refractivity contribution in [3.05, 3.63) is 27.5 Å². The molecule has 2 N–H and O–H groups in total. The van der Waals surface area contributed by atoms with E-state index in [0.29, 0.717) is 23.0 Å². The number of anilines is 1. The summed E-state index contributed by atoms with van der Waals surface area (Å²) < 4.78 is 1.99. The number of hydrogen-bond acceptors (Lipinski definition) is 3. The van der Waals surface area contributed by atoms with Gasteiger partial charge < -0.3 is 10.6 Å². The van der Waals surface area contributed by atoms with Crippen molar-refractivity contribution >= 4 is 48.9 Å². The lowest BCUT2D eigenvalue weighted by Crippen LogP contribution is -2.33. The molecule has 0 atom stereocenters. The third-order valence-corrected chi connectivity index (χ3v) is 5.28. The monoisotopic (exact) mass is 362 g/mol. The van der Waals surface area contributed by atoms with Gasteiger partial charge in [0.05, 0.1) is 12.2 Å². The highest BCUT2D eigenvalue weighted by Gasteiger charge is 2.28. The molecule has 1 aromatic heterocycles. The van der Waals surface area contributed by atoms with Crippen LogP contribution in [0.1, 0.15) is 22.5 Å². The number of carbonyl (C=O) groups is 1. The van der Waals surface area contributed by atoms with E-state index in [0.717, 1.165) is 21.1 Å². The molecule has 1 heterocycles. The number of fused-ring (bicyclic) bond motifs is 1. The minimum absolute atomic E-state index is 0.0466. The van der Waals surface area contributed by atoms with Gasteiger partial charge >= 0.3 is 0 Å². The zero-order valence-corrected chi connectivity index (χ0v) is 13.8. The predicted molar refractivity (Wildman–Crippen MR) is 91.4 cm³/mol. The van der Waals surface area contributed by atoms with E-state index < -0.39 is 0 Å². The van der Waals surface area contributed by atoms with E-state index in [9.17, 15) is 4.79 Å². The van der Waals surface area contributed by atoms with Crippen molar-refractivity contribution in [2.24, 2.45) is 5.92 Å². The van der Waals surface area contributed by atoms with Gasteiger partial charge in [0, 0.05) is 21.1 Å². The van der Waals surface area contributed by atoms with E-state index in [2.05, 4.69) is 21.9 Å². The average molecular weight is 363 g/mol. The molecule has 1 aliphatic rings. The van der Waals surface area contributed by atoms with Crippen molar-refractivity contribution in [2.45, 2.75) is 12.8 Å². The summed E-state index contributed by atoms with van der Waals surface area (Å²) in [6.07, 6.45) is 7.76. The number of hydrogen-bond donors (Lipinski definition) is 1. The van der Waals surface area contributed by atoms with Crippen LogP contribution in [0.3, 0.4) is 0 Å². The van der Waals surface area contributed by atoms with Crippen LogP contribution >= 0.6 is 27.3 Å². The zero-order chi connectivity index (χ0) is 15.0. The Balaban J connectivity index is 1.95. The van der Waals surface area contributed by atoms with E-state index in [1.54, 1.807) is 4.90 Å². The Hall–Kier alpha value is -1.51. The van der Waals surface area contributed by atoms with Gasteiger partial charge in [0.25, 0.3) is 5.91 Å². The maximum Gasteiger partial charge on any atom is 0.266 e. The molecule has 0 saturated heterocycles. The first kappa shape index (κ1) is 14.4. The molecule has 21 heavy (non-hydrogen) atoms. The summed E-state index contributed by atoms with van der Waals surface area (Å²) in [5.41, 5.74) is 6.73.